The summed E-state index contributed by atoms with van der Waals surface area (Å²) in [6.45, 7) is 2.53. The van der Waals surface area contributed by atoms with Crippen molar-refractivity contribution < 1.29 is 9.53 Å². The number of amides is 1. The van der Waals surface area contributed by atoms with Crippen molar-refractivity contribution in [2.24, 2.45) is 5.92 Å². The first-order valence-electron chi connectivity index (χ1n) is 7.04. The number of carbonyl (C=O) groups excluding carboxylic acids is 1. The molecule has 0 heterocycles. The molecule has 1 aromatic carbocycles. The predicted octanol–water partition coefficient (Wildman–Crippen LogP) is 3.19. The number of ether oxygens (including phenoxy) is 1. The Labute approximate surface area is 114 Å². The van der Waals surface area contributed by atoms with Crippen molar-refractivity contribution in [3.63, 3.8) is 0 Å². The molecule has 3 N–H and O–H groups in total. The summed E-state index contributed by atoms with van der Waals surface area (Å²) < 4.78 is 5.37. The second-order valence-corrected chi connectivity index (χ2v) is 5.01. The monoisotopic (exact) mass is 262 g/mol. The SMILES string of the molecule is CCOc1ccc(NC(=O)C2CCCCC2)c(N)c1. The van der Waals surface area contributed by atoms with Gasteiger partial charge in [-0.25, -0.2) is 0 Å². The van der Waals surface area contributed by atoms with Gasteiger partial charge in [-0.15, -0.1) is 0 Å². The van der Waals surface area contributed by atoms with Crippen LogP contribution in [0.5, 0.6) is 5.75 Å². The highest BCUT2D eigenvalue weighted by molar-refractivity contribution is 5.95. The van der Waals surface area contributed by atoms with Crippen LogP contribution in [0.25, 0.3) is 0 Å². The third-order valence-corrected chi connectivity index (χ3v) is 3.57. The number of hydrogen-bond donors (Lipinski definition) is 2. The number of hydrogen-bond acceptors (Lipinski definition) is 3. The largest absolute Gasteiger partial charge is 0.494 e. The summed E-state index contributed by atoms with van der Waals surface area (Å²) in [4.78, 5) is 12.1. The van der Waals surface area contributed by atoms with Crippen LogP contribution in [0.15, 0.2) is 18.2 Å². The summed E-state index contributed by atoms with van der Waals surface area (Å²) in [6.07, 6.45) is 5.52. The van der Waals surface area contributed by atoms with Crippen LogP contribution in [0, 0.1) is 5.92 Å². The first-order valence-corrected chi connectivity index (χ1v) is 7.04. The van der Waals surface area contributed by atoms with E-state index in [1.807, 2.05) is 13.0 Å². The molecule has 19 heavy (non-hydrogen) atoms. The summed E-state index contributed by atoms with van der Waals surface area (Å²) in [5, 5.41) is 2.93. The van der Waals surface area contributed by atoms with Gasteiger partial charge in [0.1, 0.15) is 5.75 Å². The lowest BCUT2D eigenvalue weighted by molar-refractivity contribution is -0.120. The van der Waals surface area contributed by atoms with E-state index in [9.17, 15) is 4.79 Å². The van der Waals surface area contributed by atoms with Crippen molar-refractivity contribution in [3.8, 4) is 5.75 Å². The Balaban J connectivity index is 2.00. The maximum atomic E-state index is 12.1. The molecule has 4 nitrogen and oxygen atoms in total. The molecule has 0 unspecified atom stereocenters. The van der Waals surface area contributed by atoms with Crippen molar-refractivity contribution >= 4 is 17.3 Å². The first kappa shape index (κ1) is 13.7. The molecule has 1 aliphatic rings. The van der Waals surface area contributed by atoms with Crippen LogP contribution in [0.3, 0.4) is 0 Å². The molecule has 4 heteroatoms. The lowest BCUT2D eigenvalue weighted by Gasteiger charge is -2.21. The van der Waals surface area contributed by atoms with Gasteiger partial charge in [-0.05, 0) is 31.9 Å². The molecular formula is C15H22N2O2. The molecule has 1 saturated carbocycles. The van der Waals surface area contributed by atoms with E-state index in [0.29, 0.717) is 18.0 Å². The fourth-order valence-corrected chi connectivity index (χ4v) is 2.51. The lowest BCUT2D eigenvalue weighted by atomic mass is 9.88. The van der Waals surface area contributed by atoms with Gasteiger partial charge in [0.2, 0.25) is 5.91 Å². The van der Waals surface area contributed by atoms with Gasteiger partial charge in [-0.2, -0.15) is 0 Å². The van der Waals surface area contributed by atoms with Crippen LogP contribution in [-0.4, -0.2) is 12.5 Å². The average molecular weight is 262 g/mol. The second kappa shape index (κ2) is 6.45. The maximum Gasteiger partial charge on any atom is 0.227 e. The summed E-state index contributed by atoms with van der Waals surface area (Å²) in [5.41, 5.74) is 7.17. The van der Waals surface area contributed by atoms with Crippen LogP contribution in [0.1, 0.15) is 39.0 Å². The number of anilines is 2. The van der Waals surface area contributed by atoms with Gasteiger partial charge in [0.05, 0.1) is 18.0 Å². The number of carbonyl (C=O) groups is 1. The van der Waals surface area contributed by atoms with E-state index < -0.39 is 0 Å². The van der Waals surface area contributed by atoms with Gasteiger partial charge >= 0.3 is 0 Å². The molecule has 1 aromatic rings. The normalized spacial score (nSPS) is 16.1. The van der Waals surface area contributed by atoms with Gasteiger partial charge in [-0.1, -0.05) is 19.3 Å². The zero-order chi connectivity index (χ0) is 13.7. The smallest absolute Gasteiger partial charge is 0.227 e. The number of rotatable bonds is 4. The van der Waals surface area contributed by atoms with E-state index in [4.69, 9.17) is 10.5 Å². The molecule has 0 saturated heterocycles. The maximum absolute atomic E-state index is 12.1. The fourth-order valence-electron chi connectivity index (χ4n) is 2.51. The van der Waals surface area contributed by atoms with Crippen molar-refractivity contribution in [1.29, 1.82) is 0 Å². The number of nitrogens with one attached hydrogen (secondary N) is 1. The topological polar surface area (TPSA) is 64.3 Å². The van der Waals surface area contributed by atoms with Crippen molar-refractivity contribution in [1.82, 2.24) is 0 Å². The number of nitrogens with two attached hydrogens (primary N) is 1. The molecular weight excluding hydrogens is 240 g/mol. The standard InChI is InChI=1S/C15H22N2O2/c1-2-19-12-8-9-14(13(16)10-12)17-15(18)11-6-4-3-5-7-11/h8-11H,2-7,16H2,1H3,(H,17,18). The molecule has 1 aliphatic carbocycles. The van der Waals surface area contributed by atoms with E-state index in [0.717, 1.165) is 31.4 Å². The third kappa shape index (κ3) is 3.63. The van der Waals surface area contributed by atoms with E-state index in [2.05, 4.69) is 5.32 Å². The Kier molecular flexibility index (Phi) is 4.66. The highest BCUT2D eigenvalue weighted by atomic mass is 16.5. The predicted molar refractivity (Wildman–Crippen MR) is 77.2 cm³/mol. The number of benzene rings is 1. The lowest BCUT2D eigenvalue weighted by Crippen LogP contribution is -2.25. The summed E-state index contributed by atoms with van der Waals surface area (Å²) in [7, 11) is 0. The summed E-state index contributed by atoms with van der Waals surface area (Å²) >= 11 is 0. The molecule has 0 radical (unpaired) electrons. The molecule has 104 valence electrons. The Hall–Kier alpha value is -1.71. The third-order valence-electron chi connectivity index (χ3n) is 3.57. The van der Waals surface area contributed by atoms with Crippen molar-refractivity contribution in [2.45, 2.75) is 39.0 Å². The molecule has 1 fully saturated rings. The van der Waals surface area contributed by atoms with Crippen LogP contribution in [0.2, 0.25) is 0 Å². The Bertz CT molecular complexity index is 440. The van der Waals surface area contributed by atoms with Gasteiger partial charge in [0, 0.05) is 12.0 Å². The minimum Gasteiger partial charge on any atom is -0.494 e. The average Bonchev–Trinajstić information content (AvgIpc) is 2.43. The molecule has 1 amide bonds. The Morgan fingerprint density at radius 3 is 2.74 bits per heavy atom. The summed E-state index contributed by atoms with van der Waals surface area (Å²) in [6, 6.07) is 5.39. The zero-order valence-electron chi connectivity index (χ0n) is 11.4. The van der Waals surface area contributed by atoms with E-state index in [1.165, 1.54) is 6.42 Å². The van der Waals surface area contributed by atoms with Crippen LogP contribution in [0.4, 0.5) is 11.4 Å². The second-order valence-electron chi connectivity index (χ2n) is 5.01. The van der Waals surface area contributed by atoms with Crippen LogP contribution < -0.4 is 15.8 Å². The minimum absolute atomic E-state index is 0.0931. The highest BCUT2D eigenvalue weighted by Crippen LogP contribution is 2.28. The minimum atomic E-state index is 0.0931. The quantitative estimate of drug-likeness (QED) is 0.819. The first-order chi connectivity index (χ1) is 9.20. The summed E-state index contributed by atoms with van der Waals surface area (Å²) in [5.74, 6) is 0.964. The van der Waals surface area contributed by atoms with Gasteiger partial charge in [0.25, 0.3) is 0 Å². The van der Waals surface area contributed by atoms with E-state index in [1.54, 1.807) is 12.1 Å². The molecule has 0 aromatic heterocycles. The van der Waals surface area contributed by atoms with Crippen LogP contribution >= 0.6 is 0 Å². The van der Waals surface area contributed by atoms with Gasteiger partial charge in [0.15, 0.2) is 0 Å². The molecule has 2 rings (SSSR count). The van der Waals surface area contributed by atoms with Gasteiger partial charge < -0.3 is 15.8 Å². The molecule has 0 atom stereocenters. The van der Waals surface area contributed by atoms with E-state index in [-0.39, 0.29) is 11.8 Å². The highest BCUT2D eigenvalue weighted by Gasteiger charge is 2.21. The Morgan fingerprint density at radius 1 is 1.37 bits per heavy atom. The number of nitrogen functional groups attached to an aromatic ring is 1. The molecule has 0 spiro atoms. The molecule has 0 bridgehead atoms. The zero-order valence-corrected chi connectivity index (χ0v) is 11.4. The van der Waals surface area contributed by atoms with E-state index >= 15 is 0 Å². The van der Waals surface area contributed by atoms with Crippen molar-refractivity contribution in [2.75, 3.05) is 17.7 Å². The van der Waals surface area contributed by atoms with Crippen LogP contribution in [-0.2, 0) is 4.79 Å². The fraction of sp³-hybridized carbons (Fsp3) is 0.533. The Morgan fingerprint density at radius 2 is 2.11 bits per heavy atom. The van der Waals surface area contributed by atoms with Crippen molar-refractivity contribution in [3.05, 3.63) is 18.2 Å². The molecule has 0 aliphatic heterocycles. The van der Waals surface area contributed by atoms with Gasteiger partial charge in [-0.3, -0.25) is 4.79 Å².